The zero-order valence-electron chi connectivity index (χ0n) is 16.7. The molecule has 2 bridgehead atoms. The van der Waals surface area contributed by atoms with E-state index in [0.717, 1.165) is 38.8 Å². The summed E-state index contributed by atoms with van der Waals surface area (Å²) in [5, 5.41) is 3.23. The van der Waals surface area contributed by atoms with Gasteiger partial charge in [-0.2, -0.15) is 0 Å². The van der Waals surface area contributed by atoms with Crippen LogP contribution in [0.4, 0.5) is 0 Å². The number of piperidine rings is 1. The van der Waals surface area contributed by atoms with Crippen LogP contribution in [-0.2, 0) is 9.59 Å². The SMILES string of the molecule is NC1C2CCCC1CC(C(=O)N1CCC(NC(=O)CC3CCCC3)CC1)C2. The molecule has 3 saturated carbocycles. The zero-order valence-corrected chi connectivity index (χ0v) is 16.7. The maximum absolute atomic E-state index is 13.0. The van der Waals surface area contributed by atoms with Crippen molar-refractivity contribution in [3.63, 3.8) is 0 Å². The minimum absolute atomic E-state index is 0.189. The first-order valence-corrected chi connectivity index (χ1v) is 11.4. The molecule has 2 amide bonds. The normalized spacial score (nSPS) is 35.2. The van der Waals surface area contributed by atoms with Crippen molar-refractivity contribution < 1.29 is 9.59 Å². The van der Waals surface area contributed by atoms with Gasteiger partial charge in [0.25, 0.3) is 0 Å². The highest BCUT2D eigenvalue weighted by Crippen LogP contribution is 2.42. The van der Waals surface area contributed by atoms with E-state index >= 15 is 0 Å². The van der Waals surface area contributed by atoms with Crippen LogP contribution >= 0.6 is 0 Å². The number of nitrogens with two attached hydrogens (primary N) is 1. The molecule has 0 radical (unpaired) electrons. The first kappa shape index (κ1) is 19.2. The summed E-state index contributed by atoms with van der Waals surface area (Å²) in [6.07, 6.45) is 13.2. The van der Waals surface area contributed by atoms with Crippen molar-refractivity contribution >= 4 is 11.8 Å². The summed E-state index contributed by atoms with van der Waals surface area (Å²) >= 11 is 0. The largest absolute Gasteiger partial charge is 0.353 e. The third-order valence-electron chi connectivity index (χ3n) is 7.88. The number of nitrogens with zero attached hydrogens (tertiary/aromatic N) is 1. The second kappa shape index (κ2) is 8.50. The van der Waals surface area contributed by atoms with Crippen LogP contribution in [-0.4, -0.2) is 41.9 Å². The van der Waals surface area contributed by atoms with Gasteiger partial charge in [0.15, 0.2) is 0 Å². The van der Waals surface area contributed by atoms with Crippen LogP contribution in [0, 0.1) is 23.7 Å². The van der Waals surface area contributed by atoms with E-state index in [9.17, 15) is 9.59 Å². The fourth-order valence-electron chi connectivity index (χ4n) is 6.26. The number of carbonyl (C=O) groups excluding carboxylic acids is 2. The van der Waals surface area contributed by atoms with Gasteiger partial charge in [-0.05, 0) is 69.1 Å². The van der Waals surface area contributed by atoms with Crippen molar-refractivity contribution in [1.29, 1.82) is 0 Å². The second-order valence-corrected chi connectivity index (χ2v) is 9.72. The van der Waals surface area contributed by atoms with Crippen molar-refractivity contribution in [2.45, 2.75) is 89.1 Å². The summed E-state index contributed by atoms with van der Waals surface area (Å²) in [5.41, 5.74) is 6.38. The molecule has 5 heteroatoms. The van der Waals surface area contributed by atoms with Crippen molar-refractivity contribution in [2.24, 2.45) is 29.4 Å². The molecule has 2 atom stereocenters. The Kier molecular flexibility index (Phi) is 6.05. The van der Waals surface area contributed by atoms with Gasteiger partial charge in [0.05, 0.1) is 0 Å². The fourth-order valence-corrected chi connectivity index (χ4v) is 6.26. The molecular weight excluding hydrogens is 338 g/mol. The highest BCUT2D eigenvalue weighted by atomic mass is 16.2. The Morgan fingerprint density at radius 1 is 0.889 bits per heavy atom. The van der Waals surface area contributed by atoms with E-state index in [4.69, 9.17) is 5.73 Å². The van der Waals surface area contributed by atoms with E-state index < -0.39 is 0 Å². The summed E-state index contributed by atoms with van der Waals surface area (Å²) in [6.45, 7) is 1.59. The fraction of sp³-hybridized carbons (Fsp3) is 0.909. The summed E-state index contributed by atoms with van der Waals surface area (Å²) in [6, 6.07) is 0.575. The zero-order chi connectivity index (χ0) is 18.8. The molecule has 4 aliphatic rings. The van der Waals surface area contributed by atoms with Crippen LogP contribution in [0.5, 0.6) is 0 Å². The van der Waals surface area contributed by atoms with Crippen LogP contribution in [0.25, 0.3) is 0 Å². The standard InChI is InChI=1S/C22H37N3O2/c23-21-16-6-3-7-17(21)14-18(13-16)22(27)25-10-8-19(9-11-25)24-20(26)12-15-4-1-2-5-15/h15-19,21H,1-14,23H2,(H,24,26). The predicted octanol–water partition coefficient (Wildman–Crippen LogP) is 2.83. The number of hydrogen-bond acceptors (Lipinski definition) is 3. The molecule has 0 aromatic heterocycles. The molecule has 5 nitrogen and oxygen atoms in total. The van der Waals surface area contributed by atoms with Crippen molar-refractivity contribution in [3.05, 3.63) is 0 Å². The van der Waals surface area contributed by atoms with Gasteiger partial charge in [-0.15, -0.1) is 0 Å². The molecule has 1 heterocycles. The number of likely N-dealkylation sites (tertiary alicyclic amines) is 1. The molecule has 4 fully saturated rings. The van der Waals surface area contributed by atoms with Gasteiger partial charge < -0.3 is 16.0 Å². The summed E-state index contributed by atoms with van der Waals surface area (Å²) in [5.74, 6) is 2.48. The van der Waals surface area contributed by atoms with E-state index in [-0.39, 0.29) is 17.9 Å². The minimum atomic E-state index is 0.189. The van der Waals surface area contributed by atoms with Crippen LogP contribution in [0.3, 0.4) is 0 Å². The van der Waals surface area contributed by atoms with Crippen LogP contribution in [0.15, 0.2) is 0 Å². The Balaban J connectivity index is 1.22. The van der Waals surface area contributed by atoms with Crippen LogP contribution in [0.2, 0.25) is 0 Å². The van der Waals surface area contributed by atoms with Gasteiger partial charge >= 0.3 is 0 Å². The van der Waals surface area contributed by atoms with E-state index in [1.807, 2.05) is 0 Å². The lowest BCUT2D eigenvalue weighted by molar-refractivity contribution is -0.139. The minimum Gasteiger partial charge on any atom is -0.353 e. The highest BCUT2D eigenvalue weighted by molar-refractivity contribution is 5.79. The monoisotopic (exact) mass is 375 g/mol. The van der Waals surface area contributed by atoms with Gasteiger partial charge in [-0.25, -0.2) is 0 Å². The number of carbonyl (C=O) groups is 2. The van der Waals surface area contributed by atoms with Gasteiger partial charge in [0, 0.05) is 37.5 Å². The van der Waals surface area contributed by atoms with Gasteiger partial charge in [0.2, 0.25) is 11.8 Å². The molecule has 3 aliphatic carbocycles. The molecule has 1 aliphatic heterocycles. The topological polar surface area (TPSA) is 75.4 Å². The maximum Gasteiger partial charge on any atom is 0.225 e. The smallest absolute Gasteiger partial charge is 0.225 e. The molecule has 3 N–H and O–H groups in total. The van der Waals surface area contributed by atoms with Gasteiger partial charge in [-0.3, -0.25) is 9.59 Å². The van der Waals surface area contributed by atoms with E-state index in [1.54, 1.807) is 0 Å². The summed E-state index contributed by atoms with van der Waals surface area (Å²) < 4.78 is 0. The molecular formula is C22H37N3O2. The first-order valence-electron chi connectivity index (χ1n) is 11.4. The number of rotatable bonds is 4. The second-order valence-electron chi connectivity index (χ2n) is 9.72. The first-order chi connectivity index (χ1) is 13.1. The van der Waals surface area contributed by atoms with E-state index in [0.29, 0.717) is 36.1 Å². The maximum atomic E-state index is 13.0. The molecule has 0 aromatic rings. The Bertz CT molecular complexity index is 524. The number of fused-ring (bicyclic) bond motifs is 2. The molecule has 4 rings (SSSR count). The molecule has 2 unspecified atom stereocenters. The Labute approximate surface area is 163 Å². The number of nitrogens with one attached hydrogen (secondary N) is 1. The lowest BCUT2D eigenvalue weighted by atomic mass is 9.65. The van der Waals surface area contributed by atoms with Crippen LogP contribution in [0.1, 0.15) is 77.0 Å². The lowest BCUT2D eigenvalue weighted by Crippen LogP contribution is -2.52. The molecule has 27 heavy (non-hydrogen) atoms. The van der Waals surface area contributed by atoms with Crippen molar-refractivity contribution in [1.82, 2.24) is 10.2 Å². The third-order valence-corrected chi connectivity index (χ3v) is 7.88. The average molecular weight is 376 g/mol. The molecule has 1 saturated heterocycles. The van der Waals surface area contributed by atoms with Crippen molar-refractivity contribution in [3.8, 4) is 0 Å². The predicted molar refractivity (Wildman–Crippen MR) is 106 cm³/mol. The van der Waals surface area contributed by atoms with Crippen LogP contribution < -0.4 is 11.1 Å². The average Bonchev–Trinajstić information content (AvgIpc) is 3.14. The summed E-state index contributed by atoms with van der Waals surface area (Å²) in [7, 11) is 0. The van der Waals surface area contributed by atoms with Crippen molar-refractivity contribution in [2.75, 3.05) is 13.1 Å². The van der Waals surface area contributed by atoms with E-state index in [2.05, 4.69) is 10.2 Å². The van der Waals surface area contributed by atoms with Gasteiger partial charge in [-0.1, -0.05) is 19.3 Å². The quantitative estimate of drug-likeness (QED) is 0.793. The van der Waals surface area contributed by atoms with Gasteiger partial charge in [0.1, 0.15) is 0 Å². The molecule has 152 valence electrons. The molecule has 0 spiro atoms. The lowest BCUT2D eigenvalue weighted by Gasteiger charge is -2.45. The molecule has 0 aromatic carbocycles. The Morgan fingerprint density at radius 3 is 2.15 bits per heavy atom. The third kappa shape index (κ3) is 4.49. The highest BCUT2D eigenvalue weighted by Gasteiger charge is 2.42. The Morgan fingerprint density at radius 2 is 1.52 bits per heavy atom. The van der Waals surface area contributed by atoms with E-state index in [1.165, 1.54) is 44.9 Å². The number of hydrogen-bond donors (Lipinski definition) is 2. The summed E-state index contributed by atoms with van der Waals surface area (Å²) in [4.78, 5) is 27.4. The Hall–Kier alpha value is -1.10. The number of amides is 2.